The van der Waals surface area contributed by atoms with E-state index in [9.17, 15) is 0 Å². The number of hydrogen-bond donors (Lipinski definition) is 0. The predicted molar refractivity (Wildman–Crippen MR) is 103 cm³/mol. The summed E-state index contributed by atoms with van der Waals surface area (Å²) < 4.78 is 5.71. The Morgan fingerprint density at radius 3 is 2.68 bits per heavy atom. The van der Waals surface area contributed by atoms with Gasteiger partial charge in [-0.2, -0.15) is 5.10 Å². The van der Waals surface area contributed by atoms with E-state index in [-0.39, 0.29) is 0 Å². The Kier molecular flexibility index (Phi) is 4.73. The second kappa shape index (κ2) is 6.99. The highest BCUT2D eigenvalue weighted by Gasteiger charge is 2.29. The number of thiophene rings is 1. The predicted octanol–water partition coefficient (Wildman–Crippen LogP) is 4.62. The number of aromatic nitrogens is 4. The highest BCUT2D eigenvalue weighted by atomic mass is 35.5. The molecule has 0 saturated heterocycles. The van der Waals surface area contributed by atoms with Crippen molar-refractivity contribution in [2.45, 2.75) is 32.1 Å². The van der Waals surface area contributed by atoms with E-state index in [0.717, 1.165) is 27.0 Å². The van der Waals surface area contributed by atoms with Gasteiger partial charge < -0.3 is 0 Å². The van der Waals surface area contributed by atoms with Gasteiger partial charge in [0.2, 0.25) is 0 Å². The molecule has 3 aromatic heterocycles. The van der Waals surface area contributed by atoms with E-state index in [1.807, 2.05) is 22.9 Å². The molecule has 1 aliphatic carbocycles. The second-order valence-corrected chi connectivity index (χ2v) is 8.47. The van der Waals surface area contributed by atoms with Crippen LogP contribution in [0.1, 0.15) is 23.8 Å². The van der Waals surface area contributed by atoms with Crippen molar-refractivity contribution in [2.75, 3.05) is 7.05 Å². The van der Waals surface area contributed by atoms with E-state index in [4.69, 9.17) is 28.9 Å². The van der Waals surface area contributed by atoms with E-state index in [1.54, 1.807) is 23.7 Å². The first-order valence-corrected chi connectivity index (χ1v) is 9.74. The molecular formula is C17H18ClN5S2. The largest absolute Gasteiger partial charge is 0.297 e. The fourth-order valence-electron chi connectivity index (χ4n) is 2.85. The number of hydrogen-bond acceptors (Lipinski definition) is 5. The monoisotopic (exact) mass is 391 g/mol. The zero-order chi connectivity index (χ0) is 17.4. The van der Waals surface area contributed by atoms with E-state index in [2.05, 4.69) is 27.6 Å². The van der Waals surface area contributed by atoms with Gasteiger partial charge >= 0.3 is 0 Å². The molecule has 0 radical (unpaired) electrons. The van der Waals surface area contributed by atoms with Gasteiger partial charge in [-0.25, -0.2) is 4.68 Å². The summed E-state index contributed by atoms with van der Waals surface area (Å²) in [5.74, 6) is 0.933. The van der Waals surface area contributed by atoms with Gasteiger partial charge in [-0.05, 0) is 56.4 Å². The number of pyridine rings is 1. The third kappa shape index (κ3) is 3.69. The Hall–Kier alpha value is -1.54. The normalized spacial score (nSPS) is 14.4. The lowest BCUT2D eigenvalue weighted by Gasteiger charge is -2.15. The van der Waals surface area contributed by atoms with E-state index >= 15 is 0 Å². The maximum atomic E-state index is 6.02. The first-order valence-electron chi connectivity index (χ1n) is 8.14. The fourth-order valence-corrected chi connectivity index (χ4v) is 4.36. The lowest BCUT2D eigenvalue weighted by Crippen LogP contribution is -2.22. The molecule has 0 unspecified atom stereocenters. The summed E-state index contributed by atoms with van der Waals surface area (Å²) >= 11 is 13.3. The highest BCUT2D eigenvalue weighted by Crippen LogP contribution is 2.38. The lowest BCUT2D eigenvalue weighted by molar-refractivity contribution is 0.246. The standard InChI is InChI=1S/C17H18ClN5S2/c1-21(10-14-4-5-15(18)25-14)11-22-17(24)23(13-2-3-13)16(20-22)12-6-8-19-9-7-12/h4-9,13H,2-3,10-11H2,1H3. The van der Waals surface area contributed by atoms with Crippen LogP contribution in [0.4, 0.5) is 0 Å². The molecule has 3 aromatic rings. The summed E-state index contributed by atoms with van der Waals surface area (Å²) in [6, 6.07) is 8.44. The quantitative estimate of drug-likeness (QED) is 0.575. The van der Waals surface area contributed by atoms with Crippen LogP contribution in [-0.2, 0) is 13.2 Å². The lowest BCUT2D eigenvalue weighted by atomic mass is 10.2. The van der Waals surface area contributed by atoms with Gasteiger partial charge in [-0.15, -0.1) is 11.3 Å². The van der Waals surface area contributed by atoms with Crippen LogP contribution >= 0.6 is 35.2 Å². The topological polar surface area (TPSA) is 38.9 Å². The minimum atomic E-state index is 0.478. The van der Waals surface area contributed by atoms with Crippen molar-refractivity contribution in [3.05, 3.63) is 50.6 Å². The Morgan fingerprint density at radius 2 is 2.04 bits per heavy atom. The van der Waals surface area contributed by atoms with Crippen molar-refractivity contribution in [1.29, 1.82) is 0 Å². The second-order valence-electron chi connectivity index (χ2n) is 6.30. The minimum absolute atomic E-state index is 0.478. The van der Waals surface area contributed by atoms with Gasteiger partial charge in [-0.1, -0.05) is 11.6 Å². The molecule has 0 N–H and O–H groups in total. The third-order valence-corrected chi connectivity index (χ3v) is 5.77. The maximum Gasteiger partial charge on any atom is 0.199 e. The van der Waals surface area contributed by atoms with Crippen molar-refractivity contribution in [3.63, 3.8) is 0 Å². The molecule has 8 heteroatoms. The van der Waals surface area contributed by atoms with Gasteiger partial charge in [-0.3, -0.25) is 14.5 Å². The van der Waals surface area contributed by atoms with Crippen LogP contribution in [0.25, 0.3) is 11.4 Å². The van der Waals surface area contributed by atoms with E-state index in [0.29, 0.717) is 12.7 Å². The molecule has 0 bridgehead atoms. The van der Waals surface area contributed by atoms with Gasteiger partial charge in [0.25, 0.3) is 0 Å². The third-order valence-electron chi connectivity index (χ3n) is 4.15. The molecule has 5 nitrogen and oxygen atoms in total. The molecule has 4 rings (SSSR count). The van der Waals surface area contributed by atoms with Crippen LogP contribution in [-0.4, -0.2) is 31.3 Å². The zero-order valence-electron chi connectivity index (χ0n) is 13.8. The number of nitrogens with zero attached hydrogens (tertiary/aromatic N) is 5. The van der Waals surface area contributed by atoms with Gasteiger partial charge in [0.15, 0.2) is 10.6 Å². The molecule has 0 amide bonds. The Labute approximate surface area is 160 Å². The smallest absolute Gasteiger partial charge is 0.199 e. The van der Waals surface area contributed by atoms with Gasteiger partial charge in [0.1, 0.15) is 0 Å². The van der Waals surface area contributed by atoms with Crippen molar-refractivity contribution < 1.29 is 0 Å². The molecule has 25 heavy (non-hydrogen) atoms. The van der Waals surface area contributed by atoms with Crippen LogP contribution in [0.5, 0.6) is 0 Å². The first kappa shape index (κ1) is 16.9. The molecule has 0 aliphatic heterocycles. The van der Waals surface area contributed by atoms with E-state index in [1.165, 1.54) is 17.7 Å². The van der Waals surface area contributed by atoms with E-state index < -0.39 is 0 Å². The van der Waals surface area contributed by atoms with Crippen LogP contribution in [0.3, 0.4) is 0 Å². The zero-order valence-corrected chi connectivity index (χ0v) is 16.2. The van der Waals surface area contributed by atoms with Crippen LogP contribution in [0.2, 0.25) is 4.34 Å². The molecular weight excluding hydrogens is 374 g/mol. The fraction of sp³-hybridized carbons (Fsp3) is 0.353. The summed E-state index contributed by atoms with van der Waals surface area (Å²) in [7, 11) is 2.07. The molecule has 0 spiro atoms. The Morgan fingerprint density at radius 1 is 1.28 bits per heavy atom. The molecule has 1 fully saturated rings. The first-order chi connectivity index (χ1) is 12.1. The molecule has 0 aromatic carbocycles. The van der Waals surface area contributed by atoms with Crippen LogP contribution in [0, 0.1) is 4.77 Å². The van der Waals surface area contributed by atoms with Gasteiger partial charge in [0, 0.05) is 35.4 Å². The minimum Gasteiger partial charge on any atom is -0.297 e. The van der Waals surface area contributed by atoms with Crippen LogP contribution in [0.15, 0.2) is 36.7 Å². The summed E-state index contributed by atoms with van der Waals surface area (Å²) in [4.78, 5) is 7.52. The van der Waals surface area contributed by atoms with Crippen molar-refractivity contribution in [2.24, 2.45) is 0 Å². The average molecular weight is 392 g/mol. The number of halogens is 1. The molecule has 3 heterocycles. The van der Waals surface area contributed by atoms with Gasteiger partial charge in [0.05, 0.1) is 11.0 Å². The molecule has 0 atom stereocenters. The highest BCUT2D eigenvalue weighted by molar-refractivity contribution is 7.71. The van der Waals surface area contributed by atoms with Crippen molar-refractivity contribution >= 4 is 35.2 Å². The summed E-state index contributed by atoms with van der Waals surface area (Å²) in [5, 5.41) is 4.81. The van der Waals surface area contributed by atoms with Crippen LogP contribution < -0.4 is 0 Å². The number of rotatable bonds is 6. The molecule has 1 saturated carbocycles. The summed E-state index contributed by atoms with van der Waals surface area (Å²) in [6.07, 6.45) is 5.92. The molecule has 130 valence electrons. The Balaban J connectivity index is 1.60. The van der Waals surface area contributed by atoms with Crippen molar-refractivity contribution in [1.82, 2.24) is 24.2 Å². The Bertz CT molecular complexity index is 926. The molecule has 1 aliphatic rings. The summed E-state index contributed by atoms with van der Waals surface area (Å²) in [6.45, 7) is 1.46. The van der Waals surface area contributed by atoms with Crippen molar-refractivity contribution in [3.8, 4) is 11.4 Å². The average Bonchev–Trinajstić information content (AvgIpc) is 3.28. The summed E-state index contributed by atoms with van der Waals surface area (Å²) in [5.41, 5.74) is 1.06. The SMILES string of the molecule is CN(Cc1ccc(Cl)s1)Cn1nc(-c2ccncc2)n(C2CC2)c1=S. The maximum absolute atomic E-state index is 6.02.